The molecule has 2 rings (SSSR count). The van der Waals surface area contributed by atoms with Crippen molar-refractivity contribution in [1.29, 1.82) is 0 Å². The average molecular weight is 197 g/mol. The van der Waals surface area contributed by atoms with E-state index in [0.29, 0.717) is 18.6 Å². The Hall–Kier alpha value is -0.610. The van der Waals surface area contributed by atoms with E-state index in [1.54, 1.807) is 0 Å². The number of hydrogen-bond acceptors (Lipinski definition) is 3. The summed E-state index contributed by atoms with van der Waals surface area (Å²) >= 11 is 0. The largest absolute Gasteiger partial charge is 0.355 e. The molecule has 2 unspecified atom stereocenters. The molecule has 1 heterocycles. The lowest BCUT2D eigenvalue weighted by Gasteiger charge is -2.25. The highest BCUT2D eigenvalue weighted by molar-refractivity contribution is 5.78. The topological polar surface area (TPSA) is 58.4 Å². The second-order valence-corrected chi connectivity index (χ2v) is 4.40. The molecule has 14 heavy (non-hydrogen) atoms. The maximum atomic E-state index is 11.3. The van der Waals surface area contributed by atoms with Gasteiger partial charge in [-0.1, -0.05) is 0 Å². The highest BCUT2D eigenvalue weighted by Gasteiger charge is 2.28. The van der Waals surface area contributed by atoms with Crippen molar-refractivity contribution >= 4 is 5.91 Å². The second kappa shape index (κ2) is 4.28. The van der Waals surface area contributed by atoms with E-state index in [2.05, 4.69) is 10.2 Å². The Morgan fingerprint density at radius 1 is 1.43 bits per heavy atom. The fraction of sp³-hybridized carbons (Fsp3) is 0.900. The number of nitrogens with two attached hydrogens (primary N) is 1. The van der Waals surface area contributed by atoms with Gasteiger partial charge < -0.3 is 11.1 Å². The van der Waals surface area contributed by atoms with Gasteiger partial charge in [0.05, 0.1) is 6.54 Å². The van der Waals surface area contributed by atoms with Crippen molar-refractivity contribution in [2.24, 2.45) is 5.73 Å². The average Bonchev–Trinajstić information content (AvgIpc) is 2.45. The van der Waals surface area contributed by atoms with Crippen LogP contribution in [0.2, 0.25) is 0 Å². The zero-order chi connectivity index (χ0) is 9.97. The monoisotopic (exact) mass is 197 g/mol. The lowest BCUT2D eigenvalue weighted by Crippen LogP contribution is -2.39. The van der Waals surface area contributed by atoms with Gasteiger partial charge in [-0.2, -0.15) is 0 Å². The molecule has 1 amide bonds. The summed E-state index contributed by atoms with van der Waals surface area (Å²) in [5.41, 5.74) is 5.88. The summed E-state index contributed by atoms with van der Waals surface area (Å²) in [5.74, 6) is 0.169. The molecular weight excluding hydrogens is 178 g/mol. The van der Waals surface area contributed by atoms with E-state index in [1.807, 2.05) is 0 Å². The van der Waals surface area contributed by atoms with Gasteiger partial charge in [0.15, 0.2) is 0 Å². The second-order valence-electron chi connectivity index (χ2n) is 4.40. The van der Waals surface area contributed by atoms with E-state index in [0.717, 1.165) is 38.8 Å². The van der Waals surface area contributed by atoms with Crippen molar-refractivity contribution in [3.8, 4) is 0 Å². The lowest BCUT2D eigenvalue weighted by molar-refractivity contribution is -0.121. The Labute approximate surface area is 84.8 Å². The first-order valence-electron chi connectivity index (χ1n) is 5.52. The van der Waals surface area contributed by atoms with E-state index in [-0.39, 0.29) is 5.91 Å². The summed E-state index contributed by atoms with van der Waals surface area (Å²) in [6, 6.07) is 0.903. The van der Waals surface area contributed by atoms with Crippen LogP contribution in [0.15, 0.2) is 0 Å². The molecule has 2 atom stereocenters. The van der Waals surface area contributed by atoms with Gasteiger partial charge in [0.2, 0.25) is 5.91 Å². The van der Waals surface area contributed by atoms with Crippen LogP contribution in [0.3, 0.4) is 0 Å². The minimum absolute atomic E-state index is 0.169. The maximum Gasteiger partial charge on any atom is 0.234 e. The highest BCUT2D eigenvalue weighted by Crippen LogP contribution is 2.23. The van der Waals surface area contributed by atoms with Gasteiger partial charge in [-0.25, -0.2) is 0 Å². The molecule has 4 nitrogen and oxygen atoms in total. The summed E-state index contributed by atoms with van der Waals surface area (Å²) in [7, 11) is 0. The van der Waals surface area contributed by atoms with Crippen molar-refractivity contribution in [3.63, 3.8) is 0 Å². The Morgan fingerprint density at radius 3 is 3.00 bits per heavy atom. The van der Waals surface area contributed by atoms with Gasteiger partial charge >= 0.3 is 0 Å². The lowest BCUT2D eigenvalue weighted by atomic mass is 10.2. The van der Waals surface area contributed by atoms with E-state index in [9.17, 15) is 4.79 Å². The predicted molar refractivity (Wildman–Crippen MR) is 54.8 cm³/mol. The molecule has 1 aliphatic heterocycles. The van der Waals surface area contributed by atoms with Crippen molar-refractivity contribution in [3.05, 3.63) is 0 Å². The molecule has 0 aromatic heterocycles. The molecule has 3 N–H and O–H groups in total. The zero-order valence-electron chi connectivity index (χ0n) is 8.54. The van der Waals surface area contributed by atoms with Crippen molar-refractivity contribution in [2.75, 3.05) is 19.6 Å². The summed E-state index contributed by atoms with van der Waals surface area (Å²) in [6.45, 7) is 2.43. The number of carbonyl (C=O) groups is 1. The molecule has 2 fully saturated rings. The third-order valence-electron chi connectivity index (χ3n) is 3.25. The number of hydrogen-bond donors (Lipinski definition) is 2. The molecule has 0 bridgehead atoms. The van der Waals surface area contributed by atoms with E-state index >= 15 is 0 Å². The molecule has 2 aliphatic rings. The summed E-state index contributed by atoms with van der Waals surface area (Å²) < 4.78 is 0. The highest BCUT2D eigenvalue weighted by atomic mass is 16.2. The zero-order valence-corrected chi connectivity index (χ0v) is 8.54. The molecule has 1 saturated carbocycles. The van der Waals surface area contributed by atoms with Crippen molar-refractivity contribution < 1.29 is 4.79 Å². The van der Waals surface area contributed by atoms with Crippen LogP contribution in [0, 0.1) is 0 Å². The molecule has 0 aromatic rings. The predicted octanol–water partition coefficient (Wildman–Crippen LogP) is -0.312. The van der Waals surface area contributed by atoms with Crippen molar-refractivity contribution in [2.45, 2.75) is 37.8 Å². The van der Waals surface area contributed by atoms with Crippen LogP contribution in [0.1, 0.15) is 25.7 Å². The van der Waals surface area contributed by atoms with Gasteiger partial charge in [0.25, 0.3) is 0 Å². The van der Waals surface area contributed by atoms with Crippen LogP contribution in [0.25, 0.3) is 0 Å². The summed E-state index contributed by atoms with van der Waals surface area (Å²) in [4.78, 5) is 13.6. The first kappa shape index (κ1) is 9.93. The van der Waals surface area contributed by atoms with Crippen LogP contribution < -0.4 is 11.1 Å². The number of rotatable bonds is 1. The van der Waals surface area contributed by atoms with Crippen LogP contribution in [-0.4, -0.2) is 42.5 Å². The molecule has 0 radical (unpaired) electrons. The molecule has 0 aromatic carbocycles. The number of nitrogens with one attached hydrogen (secondary N) is 1. The Bertz CT molecular complexity index is 219. The van der Waals surface area contributed by atoms with Crippen molar-refractivity contribution in [1.82, 2.24) is 10.2 Å². The van der Waals surface area contributed by atoms with Crippen LogP contribution in [0.5, 0.6) is 0 Å². The van der Waals surface area contributed by atoms with Gasteiger partial charge in [-0.05, 0) is 25.7 Å². The van der Waals surface area contributed by atoms with Gasteiger partial charge in [0, 0.05) is 25.2 Å². The van der Waals surface area contributed by atoms with E-state index < -0.39 is 0 Å². The summed E-state index contributed by atoms with van der Waals surface area (Å²) in [5, 5.41) is 2.90. The Balaban J connectivity index is 1.92. The quantitative estimate of drug-likeness (QED) is 0.606. The third kappa shape index (κ3) is 2.25. The Morgan fingerprint density at radius 2 is 2.29 bits per heavy atom. The van der Waals surface area contributed by atoms with Crippen LogP contribution in [0.4, 0.5) is 0 Å². The molecule has 0 spiro atoms. The molecule has 1 aliphatic carbocycles. The number of carbonyl (C=O) groups excluding carboxylic acids is 1. The standard InChI is InChI=1S/C10H19N3O/c11-8-2-3-9(6-8)13-5-1-4-12-10(14)7-13/h8-9H,1-7,11H2,(H,12,14). The van der Waals surface area contributed by atoms with Gasteiger partial charge in [-0.15, -0.1) is 0 Å². The molecule has 80 valence electrons. The number of amides is 1. The molecule has 4 heteroatoms. The first-order valence-corrected chi connectivity index (χ1v) is 5.52. The number of nitrogens with zero attached hydrogens (tertiary/aromatic N) is 1. The normalized spacial score (nSPS) is 35.4. The minimum atomic E-state index is 0.169. The maximum absolute atomic E-state index is 11.3. The Kier molecular flexibility index (Phi) is 3.03. The fourth-order valence-electron chi connectivity index (χ4n) is 2.46. The van der Waals surface area contributed by atoms with E-state index in [1.165, 1.54) is 0 Å². The minimum Gasteiger partial charge on any atom is -0.355 e. The SMILES string of the molecule is NC1CCC(N2CCCNC(=O)C2)C1. The first-order chi connectivity index (χ1) is 6.75. The van der Waals surface area contributed by atoms with Crippen LogP contribution in [-0.2, 0) is 4.79 Å². The summed E-state index contributed by atoms with van der Waals surface area (Å²) in [6.07, 6.45) is 4.40. The smallest absolute Gasteiger partial charge is 0.234 e. The molecule has 1 saturated heterocycles. The van der Waals surface area contributed by atoms with Crippen LogP contribution >= 0.6 is 0 Å². The fourth-order valence-corrected chi connectivity index (χ4v) is 2.46. The van der Waals surface area contributed by atoms with Gasteiger partial charge in [-0.3, -0.25) is 9.69 Å². The third-order valence-corrected chi connectivity index (χ3v) is 3.25. The van der Waals surface area contributed by atoms with Gasteiger partial charge in [0.1, 0.15) is 0 Å². The van der Waals surface area contributed by atoms with E-state index in [4.69, 9.17) is 5.73 Å². The molecular formula is C10H19N3O.